The molecule has 4 heterocycles. The Hall–Kier alpha value is -1.79. The summed E-state index contributed by atoms with van der Waals surface area (Å²) in [5, 5.41) is 3.21. The highest BCUT2D eigenvalue weighted by molar-refractivity contribution is 6.04. The molecule has 5 rings (SSSR count). The van der Waals surface area contributed by atoms with Crippen molar-refractivity contribution < 1.29 is 9.21 Å². The summed E-state index contributed by atoms with van der Waals surface area (Å²) in [6, 6.07) is 6.37. The highest BCUT2D eigenvalue weighted by atomic mass is 35.5. The van der Waals surface area contributed by atoms with Gasteiger partial charge in [-0.3, -0.25) is 9.69 Å². The predicted octanol–water partition coefficient (Wildman–Crippen LogP) is 3.27. The SMILES string of the molecule is CC(C)N(C)c1nc2c(C(=O)N[C@@H]3CC4CCN3CC4)cccc2o1.Cl. The standard InChI is InChI=1S/C19H26N4O2.ClH/c1-12(2)22(3)19-21-17-14(5-4-6-15(17)25-19)18(24)20-16-11-13-7-9-23(16)10-8-13;/h4-6,12-13,16H,7-11H2,1-3H3,(H,20,24);1H/t16-;/m0./s1. The van der Waals surface area contributed by atoms with Crippen LogP contribution in [0.5, 0.6) is 0 Å². The molecule has 0 saturated carbocycles. The molecule has 26 heavy (non-hydrogen) atoms. The van der Waals surface area contributed by atoms with Crippen molar-refractivity contribution in [3.8, 4) is 0 Å². The van der Waals surface area contributed by atoms with Crippen LogP contribution in [0.1, 0.15) is 43.5 Å². The molecule has 3 saturated heterocycles. The summed E-state index contributed by atoms with van der Waals surface area (Å²) >= 11 is 0. The second kappa shape index (κ2) is 7.45. The topological polar surface area (TPSA) is 61.6 Å². The maximum Gasteiger partial charge on any atom is 0.298 e. The van der Waals surface area contributed by atoms with Gasteiger partial charge in [-0.15, -0.1) is 12.4 Å². The molecule has 0 radical (unpaired) electrons. The van der Waals surface area contributed by atoms with Gasteiger partial charge in [0.15, 0.2) is 5.58 Å². The summed E-state index contributed by atoms with van der Waals surface area (Å²) in [6.07, 6.45) is 3.73. The van der Waals surface area contributed by atoms with E-state index in [1.54, 1.807) is 0 Å². The number of aromatic nitrogens is 1. The van der Waals surface area contributed by atoms with Crippen molar-refractivity contribution in [2.75, 3.05) is 25.0 Å². The zero-order chi connectivity index (χ0) is 17.6. The number of nitrogens with one attached hydrogen (secondary N) is 1. The van der Waals surface area contributed by atoms with E-state index in [9.17, 15) is 4.79 Å². The zero-order valence-electron chi connectivity index (χ0n) is 15.6. The fourth-order valence-corrected chi connectivity index (χ4v) is 3.84. The lowest BCUT2D eigenvalue weighted by molar-refractivity contribution is 0.0295. The molecule has 2 aromatic rings. The molecule has 3 aliphatic heterocycles. The molecular formula is C19H27ClN4O2. The lowest BCUT2D eigenvalue weighted by atomic mass is 9.86. The Kier molecular flexibility index (Phi) is 5.44. The van der Waals surface area contributed by atoms with Gasteiger partial charge >= 0.3 is 0 Å². The van der Waals surface area contributed by atoms with Crippen LogP contribution in [0.15, 0.2) is 22.6 Å². The van der Waals surface area contributed by atoms with Crippen LogP contribution >= 0.6 is 12.4 Å². The second-order valence-electron chi connectivity index (χ2n) is 7.56. The van der Waals surface area contributed by atoms with Gasteiger partial charge in [0.05, 0.1) is 11.7 Å². The van der Waals surface area contributed by atoms with E-state index >= 15 is 0 Å². The monoisotopic (exact) mass is 378 g/mol. The average Bonchev–Trinajstić information content (AvgIpc) is 3.06. The van der Waals surface area contributed by atoms with E-state index in [1.165, 1.54) is 12.8 Å². The van der Waals surface area contributed by atoms with E-state index in [1.807, 2.05) is 30.1 Å². The first-order valence-electron chi connectivity index (χ1n) is 9.20. The highest BCUT2D eigenvalue weighted by Gasteiger charge is 2.34. The normalized spacial score (nSPS) is 24.5. The molecule has 6 nitrogen and oxygen atoms in total. The fourth-order valence-electron chi connectivity index (χ4n) is 3.84. The predicted molar refractivity (Wildman–Crippen MR) is 105 cm³/mol. The minimum absolute atomic E-state index is 0. The number of benzene rings is 1. The number of piperidine rings is 3. The summed E-state index contributed by atoms with van der Waals surface area (Å²) in [7, 11) is 1.95. The quantitative estimate of drug-likeness (QED) is 0.884. The molecule has 0 spiro atoms. The fraction of sp³-hybridized carbons (Fsp3) is 0.579. The first-order valence-corrected chi connectivity index (χ1v) is 9.20. The molecule has 142 valence electrons. The third-order valence-electron chi connectivity index (χ3n) is 5.67. The van der Waals surface area contributed by atoms with Crippen molar-refractivity contribution in [1.82, 2.24) is 15.2 Å². The molecule has 2 bridgehead atoms. The van der Waals surface area contributed by atoms with Crippen LogP contribution in [-0.4, -0.2) is 48.1 Å². The lowest BCUT2D eigenvalue weighted by Crippen LogP contribution is -2.56. The molecule has 0 unspecified atom stereocenters. The number of fused-ring (bicyclic) bond motifs is 4. The van der Waals surface area contributed by atoms with Crippen LogP contribution in [0.4, 0.5) is 6.01 Å². The number of carbonyl (C=O) groups is 1. The second-order valence-corrected chi connectivity index (χ2v) is 7.56. The Morgan fingerprint density at radius 2 is 2.08 bits per heavy atom. The first-order chi connectivity index (χ1) is 12.0. The van der Waals surface area contributed by atoms with Gasteiger partial charge in [0, 0.05) is 26.2 Å². The van der Waals surface area contributed by atoms with E-state index in [-0.39, 0.29) is 30.5 Å². The van der Waals surface area contributed by atoms with Crippen LogP contribution in [0, 0.1) is 5.92 Å². The van der Waals surface area contributed by atoms with Crippen molar-refractivity contribution in [2.24, 2.45) is 5.92 Å². The number of oxazole rings is 1. The van der Waals surface area contributed by atoms with Gasteiger partial charge in [0.1, 0.15) is 5.52 Å². The number of carbonyl (C=O) groups excluding carboxylic acids is 1. The number of hydrogen-bond donors (Lipinski definition) is 1. The molecule has 3 fully saturated rings. The van der Waals surface area contributed by atoms with Gasteiger partial charge < -0.3 is 14.6 Å². The molecule has 1 aromatic heterocycles. The van der Waals surface area contributed by atoms with E-state index in [0.29, 0.717) is 22.7 Å². The molecule has 1 aromatic carbocycles. The Labute approximate surface area is 160 Å². The maximum atomic E-state index is 12.9. The lowest BCUT2D eigenvalue weighted by Gasteiger charge is -2.45. The van der Waals surface area contributed by atoms with E-state index in [0.717, 1.165) is 25.4 Å². The number of anilines is 1. The Morgan fingerprint density at radius 3 is 2.69 bits per heavy atom. The summed E-state index contributed by atoms with van der Waals surface area (Å²) in [5.74, 6) is 0.694. The highest BCUT2D eigenvalue weighted by Crippen LogP contribution is 2.31. The van der Waals surface area contributed by atoms with Crippen molar-refractivity contribution >= 4 is 35.4 Å². The third kappa shape index (κ3) is 3.40. The van der Waals surface area contributed by atoms with Crippen LogP contribution in [0.25, 0.3) is 11.1 Å². The van der Waals surface area contributed by atoms with E-state index in [4.69, 9.17) is 4.42 Å². The molecule has 1 amide bonds. The summed E-state index contributed by atoms with van der Waals surface area (Å²) < 4.78 is 5.85. The van der Waals surface area contributed by atoms with Gasteiger partial charge in [-0.2, -0.15) is 4.98 Å². The van der Waals surface area contributed by atoms with Crippen molar-refractivity contribution in [3.05, 3.63) is 23.8 Å². The Bertz CT molecular complexity index is 783. The largest absolute Gasteiger partial charge is 0.423 e. The average molecular weight is 379 g/mol. The molecule has 3 aliphatic rings. The van der Waals surface area contributed by atoms with Crippen molar-refractivity contribution in [2.45, 2.75) is 45.3 Å². The van der Waals surface area contributed by atoms with Crippen LogP contribution in [0.2, 0.25) is 0 Å². The number of hydrogen-bond acceptors (Lipinski definition) is 5. The number of halogens is 1. The van der Waals surface area contributed by atoms with Gasteiger partial charge in [-0.05, 0) is 51.2 Å². The summed E-state index contributed by atoms with van der Waals surface area (Å²) in [5.41, 5.74) is 1.88. The molecule has 7 heteroatoms. The van der Waals surface area contributed by atoms with E-state index in [2.05, 4.69) is 29.0 Å². The summed E-state index contributed by atoms with van der Waals surface area (Å²) in [4.78, 5) is 21.8. The van der Waals surface area contributed by atoms with Crippen LogP contribution in [0.3, 0.4) is 0 Å². The van der Waals surface area contributed by atoms with Crippen molar-refractivity contribution in [1.29, 1.82) is 0 Å². The number of amides is 1. The molecular weight excluding hydrogens is 352 g/mol. The van der Waals surface area contributed by atoms with Crippen LogP contribution in [-0.2, 0) is 0 Å². The van der Waals surface area contributed by atoms with Gasteiger partial charge in [-0.1, -0.05) is 6.07 Å². The number of nitrogens with zero attached hydrogens (tertiary/aromatic N) is 3. The molecule has 1 atom stereocenters. The maximum absolute atomic E-state index is 12.9. The zero-order valence-corrected chi connectivity index (χ0v) is 16.4. The van der Waals surface area contributed by atoms with E-state index < -0.39 is 0 Å². The summed E-state index contributed by atoms with van der Waals surface area (Å²) in [6.45, 7) is 6.34. The van der Waals surface area contributed by atoms with Gasteiger partial charge in [-0.25, -0.2) is 0 Å². The van der Waals surface area contributed by atoms with Crippen LogP contribution < -0.4 is 10.2 Å². The first kappa shape index (κ1) is 19.0. The van der Waals surface area contributed by atoms with Gasteiger partial charge in [0.2, 0.25) is 0 Å². The van der Waals surface area contributed by atoms with Gasteiger partial charge in [0.25, 0.3) is 11.9 Å². The van der Waals surface area contributed by atoms with Crippen molar-refractivity contribution in [3.63, 3.8) is 0 Å². The molecule has 0 aliphatic carbocycles. The smallest absolute Gasteiger partial charge is 0.298 e. The minimum Gasteiger partial charge on any atom is -0.423 e. The number of para-hydroxylation sites is 1. The minimum atomic E-state index is -0.0600. The number of rotatable bonds is 4. The Balaban J connectivity index is 0.00000196. The molecule has 1 N–H and O–H groups in total. The third-order valence-corrected chi connectivity index (χ3v) is 5.67. The Morgan fingerprint density at radius 1 is 1.35 bits per heavy atom.